The second kappa shape index (κ2) is 4.21. The summed E-state index contributed by atoms with van der Waals surface area (Å²) in [4.78, 5) is 0. The fourth-order valence-corrected chi connectivity index (χ4v) is 1.64. The molecular formula is C13H13N3. The largest absolute Gasteiger partial charge is 0.324 e. The Morgan fingerprint density at radius 3 is 2.50 bits per heavy atom. The van der Waals surface area contributed by atoms with Crippen molar-refractivity contribution in [1.29, 1.82) is 5.26 Å². The van der Waals surface area contributed by atoms with E-state index < -0.39 is 0 Å². The first-order valence-electron chi connectivity index (χ1n) is 5.16. The Bertz CT molecular complexity index is 515. The number of nitrogens with two attached hydrogens (primary N) is 1. The maximum atomic E-state index is 8.92. The molecule has 2 rings (SSSR count). The van der Waals surface area contributed by atoms with Crippen LogP contribution in [0.25, 0.3) is 5.69 Å². The van der Waals surface area contributed by atoms with E-state index in [1.807, 2.05) is 48.0 Å². The van der Waals surface area contributed by atoms with Crippen LogP contribution in [0.3, 0.4) is 0 Å². The van der Waals surface area contributed by atoms with E-state index in [0.29, 0.717) is 5.69 Å². The van der Waals surface area contributed by atoms with Gasteiger partial charge in [0, 0.05) is 17.9 Å². The Balaban J connectivity index is 2.39. The van der Waals surface area contributed by atoms with Crippen LogP contribution < -0.4 is 5.73 Å². The van der Waals surface area contributed by atoms with Crippen molar-refractivity contribution in [1.82, 2.24) is 4.57 Å². The Labute approximate surface area is 94.7 Å². The van der Waals surface area contributed by atoms with Gasteiger partial charge in [0.25, 0.3) is 0 Å². The van der Waals surface area contributed by atoms with E-state index in [4.69, 9.17) is 11.0 Å². The number of nitrogens with zero attached hydrogens (tertiary/aromatic N) is 2. The summed E-state index contributed by atoms with van der Waals surface area (Å²) < 4.78 is 1.85. The van der Waals surface area contributed by atoms with Gasteiger partial charge in [-0.1, -0.05) is 12.1 Å². The van der Waals surface area contributed by atoms with Gasteiger partial charge in [0.2, 0.25) is 0 Å². The molecule has 1 aromatic carbocycles. The molecule has 1 atom stereocenters. The van der Waals surface area contributed by atoms with Crippen molar-refractivity contribution in [2.24, 2.45) is 5.73 Å². The molecule has 0 aliphatic rings. The van der Waals surface area contributed by atoms with E-state index in [9.17, 15) is 0 Å². The molecule has 16 heavy (non-hydrogen) atoms. The number of nitriles is 1. The first-order chi connectivity index (χ1) is 7.72. The van der Waals surface area contributed by atoms with Crippen LogP contribution >= 0.6 is 0 Å². The van der Waals surface area contributed by atoms with Gasteiger partial charge in [0.15, 0.2) is 0 Å². The third-order valence-corrected chi connectivity index (χ3v) is 2.56. The highest BCUT2D eigenvalue weighted by Gasteiger charge is 2.03. The lowest BCUT2D eigenvalue weighted by Gasteiger charge is -2.08. The first-order valence-corrected chi connectivity index (χ1v) is 5.16. The van der Waals surface area contributed by atoms with Gasteiger partial charge in [-0.15, -0.1) is 0 Å². The molecule has 2 N–H and O–H groups in total. The number of hydrogen-bond acceptors (Lipinski definition) is 2. The van der Waals surface area contributed by atoms with Gasteiger partial charge < -0.3 is 10.3 Å². The second-order valence-electron chi connectivity index (χ2n) is 3.76. The summed E-state index contributed by atoms with van der Waals surface area (Å²) in [5.74, 6) is 0. The van der Waals surface area contributed by atoms with Crippen LogP contribution in [-0.2, 0) is 0 Å². The minimum atomic E-state index is 0.0362. The molecule has 2 aromatic rings. The van der Waals surface area contributed by atoms with Crippen LogP contribution in [0.15, 0.2) is 42.6 Å². The Kier molecular flexibility index (Phi) is 2.76. The zero-order chi connectivity index (χ0) is 11.5. The van der Waals surface area contributed by atoms with E-state index >= 15 is 0 Å². The topological polar surface area (TPSA) is 54.7 Å². The van der Waals surface area contributed by atoms with Crippen molar-refractivity contribution in [3.8, 4) is 11.8 Å². The molecule has 3 nitrogen and oxygen atoms in total. The molecule has 0 fully saturated rings. The molecule has 0 aliphatic heterocycles. The van der Waals surface area contributed by atoms with Crippen LogP contribution in [0.5, 0.6) is 0 Å². The van der Waals surface area contributed by atoms with Crippen LogP contribution in [-0.4, -0.2) is 4.57 Å². The fourth-order valence-electron chi connectivity index (χ4n) is 1.64. The highest BCUT2D eigenvalue weighted by Crippen LogP contribution is 2.15. The monoisotopic (exact) mass is 211 g/mol. The summed E-state index contributed by atoms with van der Waals surface area (Å²) in [5, 5.41) is 8.92. The van der Waals surface area contributed by atoms with Crippen molar-refractivity contribution in [2.75, 3.05) is 0 Å². The minimum absolute atomic E-state index is 0.0362. The van der Waals surface area contributed by atoms with Crippen LogP contribution in [0, 0.1) is 11.3 Å². The van der Waals surface area contributed by atoms with Gasteiger partial charge in [-0.05, 0) is 36.8 Å². The summed E-state index contributed by atoms with van der Waals surface area (Å²) in [5.41, 5.74) is 8.48. The molecule has 0 bridgehead atoms. The van der Waals surface area contributed by atoms with Crippen molar-refractivity contribution in [3.63, 3.8) is 0 Å². The summed E-state index contributed by atoms with van der Waals surface area (Å²) in [6, 6.07) is 13.8. The van der Waals surface area contributed by atoms with E-state index in [-0.39, 0.29) is 6.04 Å². The molecule has 0 saturated heterocycles. The van der Waals surface area contributed by atoms with Gasteiger partial charge in [-0.25, -0.2) is 0 Å². The Morgan fingerprint density at radius 2 is 1.94 bits per heavy atom. The molecule has 0 amide bonds. The molecule has 3 heteroatoms. The standard InChI is InChI=1S/C13H13N3/c1-10(15)11-4-6-12(7-5-11)16-8-2-3-13(16)9-14/h2-8,10H,15H2,1H3/t10-/m1/s1. The average Bonchev–Trinajstić information content (AvgIpc) is 2.77. The van der Waals surface area contributed by atoms with Gasteiger partial charge in [0.1, 0.15) is 11.8 Å². The van der Waals surface area contributed by atoms with Gasteiger partial charge in [-0.2, -0.15) is 5.26 Å². The number of rotatable bonds is 2. The lowest BCUT2D eigenvalue weighted by Crippen LogP contribution is -2.05. The van der Waals surface area contributed by atoms with Gasteiger partial charge in [-0.3, -0.25) is 0 Å². The van der Waals surface area contributed by atoms with Crippen LogP contribution in [0.4, 0.5) is 0 Å². The lowest BCUT2D eigenvalue weighted by atomic mass is 10.1. The van der Waals surface area contributed by atoms with Gasteiger partial charge >= 0.3 is 0 Å². The zero-order valence-corrected chi connectivity index (χ0v) is 9.09. The minimum Gasteiger partial charge on any atom is -0.324 e. The van der Waals surface area contributed by atoms with Crippen molar-refractivity contribution in [2.45, 2.75) is 13.0 Å². The SMILES string of the molecule is C[C@@H](N)c1ccc(-n2cccc2C#N)cc1. The molecule has 0 aliphatic carbocycles. The second-order valence-corrected chi connectivity index (χ2v) is 3.76. The first kappa shape index (κ1) is 10.5. The zero-order valence-electron chi connectivity index (χ0n) is 9.09. The maximum absolute atomic E-state index is 8.92. The predicted octanol–water partition coefficient (Wildman–Crippen LogP) is 2.37. The normalized spacial score (nSPS) is 12.1. The predicted molar refractivity (Wildman–Crippen MR) is 63.1 cm³/mol. The number of hydrogen-bond donors (Lipinski definition) is 1. The van der Waals surface area contributed by atoms with Crippen molar-refractivity contribution >= 4 is 0 Å². The molecule has 1 aromatic heterocycles. The lowest BCUT2D eigenvalue weighted by molar-refractivity contribution is 0.817. The molecule has 0 saturated carbocycles. The third kappa shape index (κ3) is 1.83. The third-order valence-electron chi connectivity index (χ3n) is 2.56. The number of benzene rings is 1. The van der Waals surface area contributed by atoms with E-state index in [0.717, 1.165) is 11.3 Å². The molecule has 0 unspecified atom stereocenters. The fraction of sp³-hybridized carbons (Fsp3) is 0.154. The van der Waals surface area contributed by atoms with Crippen LogP contribution in [0.2, 0.25) is 0 Å². The summed E-state index contributed by atoms with van der Waals surface area (Å²) in [7, 11) is 0. The highest BCUT2D eigenvalue weighted by atomic mass is 15.0. The van der Waals surface area contributed by atoms with E-state index in [1.165, 1.54) is 0 Å². The highest BCUT2D eigenvalue weighted by molar-refractivity contribution is 5.40. The quantitative estimate of drug-likeness (QED) is 0.829. The Morgan fingerprint density at radius 1 is 1.25 bits per heavy atom. The average molecular weight is 211 g/mol. The number of aromatic nitrogens is 1. The van der Waals surface area contributed by atoms with Crippen molar-refractivity contribution in [3.05, 3.63) is 53.9 Å². The van der Waals surface area contributed by atoms with Gasteiger partial charge in [0.05, 0.1) is 0 Å². The molecule has 0 spiro atoms. The smallest absolute Gasteiger partial charge is 0.124 e. The maximum Gasteiger partial charge on any atom is 0.124 e. The molecule has 80 valence electrons. The summed E-state index contributed by atoms with van der Waals surface area (Å²) in [6.07, 6.45) is 1.87. The Hall–Kier alpha value is -2.05. The molecular weight excluding hydrogens is 198 g/mol. The summed E-state index contributed by atoms with van der Waals surface area (Å²) >= 11 is 0. The van der Waals surface area contributed by atoms with Crippen LogP contribution in [0.1, 0.15) is 24.2 Å². The molecule has 0 radical (unpaired) electrons. The summed E-state index contributed by atoms with van der Waals surface area (Å²) in [6.45, 7) is 1.95. The van der Waals surface area contributed by atoms with Crippen molar-refractivity contribution < 1.29 is 0 Å². The van der Waals surface area contributed by atoms with E-state index in [1.54, 1.807) is 6.07 Å². The van der Waals surface area contributed by atoms with E-state index in [2.05, 4.69) is 6.07 Å². The molecule has 1 heterocycles.